The first-order chi connectivity index (χ1) is 28.8. The zero-order valence-corrected chi connectivity index (χ0v) is 30.3. The number of fused-ring (bicyclic) bond motifs is 6. The molecule has 2 aromatic heterocycles. The number of hydrogen-bond acceptors (Lipinski definition) is 1. The van der Waals surface area contributed by atoms with E-state index in [-0.39, 0.29) is 21.5 Å². The predicted octanol–water partition coefficient (Wildman–Crippen LogP) is 15.1. The molecule has 314 valence electrons. The van der Waals surface area contributed by atoms with Crippen molar-refractivity contribution in [3.05, 3.63) is 148 Å². The Hall–Kier alpha value is -7.15. The highest BCUT2D eigenvalue weighted by Crippen LogP contribution is 2.49. The summed E-state index contributed by atoms with van der Waals surface area (Å²) in [5.74, 6) is 0. The second-order valence-electron chi connectivity index (χ2n) is 13.9. The lowest BCUT2D eigenvalue weighted by atomic mass is 9.95. The van der Waals surface area contributed by atoms with Crippen molar-refractivity contribution in [2.24, 2.45) is 0 Å². The van der Waals surface area contributed by atoms with Crippen molar-refractivity contribution < 1.29 is 65.9 Å². The van der Waals surface area contributed by atoms with Crippen molar-refractivity contribution in [2.45, 2.75) is 30.9 Å². The van der Waals surface area contributed by atoms with Crippen molar-refractivity contribution in [1.29, 1.82) is 5.26 Å². The number of hydrogen-bond donors (Lipinski definition) is 0. The minimum absolute atomic E-state index is 0.115. The highest BCUT2D eigenvalue weighted by Gasteiger charge is 2.37. The van der Waals surface area contributed by atoms with Crippen LogP contribution in [0, 0.1) is 17.9 Å². The molecule has 0 bridgehead atoms. The summed E-state index contributed by atoms with van der Waals surface area (Å²) in [6.07, 6.45) is -25.4. The Morgan fingerprint density at radius 2 is 0.710 bits per heavy atom. The molecule has 19 heteroatoms. The molecule has 4 nitrogen and oxygen atoms in total. The first kappa shape index (κ1) is 41.6. The molecule has 2 heterocycles. The lowest BCUT2D eigenvalue weighted by Gasteiger charge is -2.22. The summed E-state index contributed by atoms with van der Waals surface area (Å²) in [5.41, 5.74) is -12.4. The summed E-state index contributed by atoms with van der Waals surface area (Å²) in [5, 5.41) is 9.93. The van der Waals surface area contributed by atoms with Gasteiger partial charge in [-0.3, -0.25) is 0 Å². The maximum Gasteiger partial charge on any atom is 0.416 e. The van der Waals surface area contributed by atoms with Gasteiger partial charge in [-0.15, -0.1) is 0 Å². The normalized spacial score (nSPS) is 13.0. The van der Waals surface area contributed by atoms with Gasteiger partial charge in [0.05, 0.1) is 73.9 Å². The molecule has 0 fully saturated rings. The molecule has 0 radical (unpaired) electrons. The smallest absolute Gasteiger partial charge is 0.309 e. The second-order valence-corrected chi connectivity index (χ2v) is 13.9. The molecule has 0 saturated heterocycles. The Kier molecular flexibility index (Phi) is 9.18. The van der Waals surface area contributed by atoms with Gasteiger partial charge in [0.1, 0.15) is 0 Å². The molecule has 8 aromatic rings. The van der Waals surface area contributed by atoms with Crippen molar-refractivity contribution in [3.63, 3.8) is 0 Å². The Balaban J connectivity index is 1.67. The fourth-order valence-electron chi connectivity index (χ4n) is 7.58. The standard InChI is InChI=1S/C43H17F15N4/c1-60-31-14-21(39(44,45)46)6-11-30(31)38-36(61-32-15-22(40(47,48)49)2-7-26(32)27-8-3-23(16-33(27)61)41(50,51)52)12-20(19-59)13-37(38)62-34-17-24(42(53,54)55)4-9-28(34)29-10-5-25(18-35(29)62)43(56,57)58/h2-18H. The largest absolute Gasteiger partial charge is 0.416 e. The second kappa shape index (κ2) is 13.7. The summed E-state index contributed by atoms with van der Waals surface area (Å²) < 4.78 is 216. The van der Waals surface area contributed by atoms with E-state index >= 15 is 0 Å². The average Bonchev–Trinajstić information content (AvgIpc) is 3.69. The van der Waals surface area contributed by atoms with Gasteiger partial charge in [0.25, 0.3) is 0 Å². The van der Waals surface area contributed by atoms with Crippen molar-refractivity contribution in [2.75, 3.05) is 0 Å². The van der Waals surface area contributed by atoms with Crippen LogP contribution >= 0.6 is 0 Å². The maximum absolute atomic E-state index is 14.3. The van der Waals surface area contributed by atoms with Crippen LogP contribution in [0.1, 0.15) is 33.4 Å². The number of nitrogens with zero attached hydrogens (tertiary/aromatic N) is 4. The summed E-state index contributed by atoms with van der Waals surface area (Å²) in [7, 11) is 0. The molecule has 0 aliphatic carbocycles. The molecular weight excluding hydrogens is 857 g/mol. The molecule has 0 saturated carbocycles. The van der Waals surface area contributed by atoms with E-state index in [1.54, 1.807) is 6.07 Å². The Morgan fingerprint density at radius 3 is 0.984 bits per heavy atom. The van der Waals surface area contributed by atoms with E-state index in [0.717, 1.165) is 51.6 Å². The van der Waals surface area contributed by atoms with E-state index in [1.165, 1.54) is 0 Å². The molecule has 0 unspecified atom stereocenters. The van der Waals surface area contributed by atoms with Crippen LogP contribution in [-0.2, 0) is 30.9 Å². The molecule has 62 heavy (non-hydrogen) atoms. The Labute approximate surface area is 336 Å². The summed E-state index contributed by atoms with van der Waals surface area (Å²) >= 11 is 0. The highest BCUT2D eigenvalue weighted by atomic mass is 19.4. The minimum Gasteiger partial charge on any atom is -0.309 e. The van der Waals surface area contributed by atoms with Gasteiger partial charge in [-0.25, -0.2) is 4.85 Å². The third-order valence-corrected chi connectivity index (χ3v) is 10.3. The number of nitriles is 1. The van der Waals surface area contributed by atoms with Gasteiger partial charge in [-0.2, -0.15) is 71.1 Å². The van der Waals surface area contributed by atoms with Gasteiger partial charge >= 0.3 is 30.9 Å². The van der Waals surface area contributed by atoms with Crippen LogP contribution in [-0.4, -0.2) is 9.13 Å². The van der Waals surface area contributed by atoms with E-state index in [1.807, 2.05) is 0 Å². The number of aromatic nitrogens is 2. The fourth-order valence-corrected chi connectivity index (χ4v) is 7.58. The van der Waals surface area contributed by atoms with Crippen molar-refractivity contribution >= 4 is 49.3 Å². The number of benzene rings is 6. The summed E-state index contributed by atoms with van der Waals surface area (Å²) in [6, 6.07) is 13.6. The number of halogens is 15. The third kappa shape index (κ3) is 6.87. The first-order valence-electron chi connectivity index (χ1n) is 17.4. The van der Waals surface area contributed by atoms with E-state index in [9.17, 15) is 71.1 Å². The van der Waals surface area contributed by atoms with Crippen LogP contribution in [0.3, 0.4) is 0 Å². The highest BCUT2D eigenvalue weighted by molar-refractivity contribution is 6.13. The van der Waals surface area contributed by atoms with Gasteiger partial charge in [-0.05, 0) is 72.3 Å². The minimum atomic E-state index is -5.09. The fraction of sp³-hybridized carbons (Fsp3) is 0.116. The quantitative estimate of drug-likeness (QED) is 0.129. The zero-order valence-electron chi connectivity index (χ0n) is 30.3. The summed E-state index contributed by atoms with van der Waals surface area (Å²) in [4.78, 5) is 3.21. The lowest BCUT2D eigenvalue weighted by Crippen LogP contribution is -2.09. The lowest BCUT2D eigenvalue weighted by molar-refractivity contribution is -0.138. The van der Waals surface area contributed by atoms with Gasteiger partial charge < -0.3 is 9.13 Å². The topological polar surface area (TPSA) is 38.0 Å². The molecule has 0 amide bonds. The number of rotatable bonds is 3. The molecule has 0 aliphatic heterocycles. The molecule has 6 aromatic carbocycles. The van der Waals surface area contributed by atoms with Gasteiger partial charge in [-0.1, -0.05) is 36.4 Å². The van der Waals surface area contributed by atoms with Gasteiger partial charge in [0, 0.05) is 32.7 Å². The molecule has 0 N–H and O–H groups in total. The van der Waals surface area contributed by atoms with E-state index in [0.29, 0.717) is 60.7 Å². The maximum atomic E-state index is 14.3. The van der Waals surface area contributed by atoms with Crippen LogP contribution in [0.2, 0.25) is 0 Å². The molecule has 8 rings (SSSR count). The van der Waals surface area contributed by atoms with Crippen LogP contribution in [0.25, 0.3) is 71.0 Å². The Morgan fingerprint density at radius 1 is 0.419 bits per heavy atom. The summed E-state index contributed by atoms with van der Waals surface area (Å²) in [6.45, 7) is 7.91. The van der Waals surface area contributed by atoms with E-state index in [4.69, 9.17) is 6.57 Å². The molecule has 0 atom stereocenters. The zero-order chi connectivity index (χ0) is 45.1. The third-order valence-electron chi connectivity index (χ3n) is 10.3. The average molecular weight is 875 g/mol. The Bertz CT molecular complexity index is 2940. The first-order valence-corrected chi connectivity index (χ1v) is 17.4. The van der Waals surface area contributed by atoms with Crippen LogP contribution in [0.5, 0.6) is 0 Å². The predicted molar refractivity (Wildman–Crippen MR) is 197 cm³/mol. The monoisotopic (exact) mass is 874 g/mol. The van der Waals surface area contributed by atoms with Crippen molar-refractivity contribution in [3.8, 4) is 28.6 Å². The van der Waals surface area contributed by atoms with Crippen LogP contribution < -0.4 is 0 Å². The van der Waals surface area contributed by atoms with Crippen LogP contribution in [0.15, 0.2) is 103 Å². The van der Waals surface area contributed by atoms with E-state index in [2.05, 4.69) is 4.85 Å². The van der Waals surface area contributed by atoms with Crippen LogP contribution in [0.4, 0.5) is 71.5 Å². The van der Waals surface area contributed by atoms with Crippen molar-refractivity contribution in [1.82, 2.24) is 9.13 Å². The number of alkyl halides is 15. The molecule has 0 aliphatic rings. The molecule has 0 spiro atoms. The van der Waals surface area contributed by atoms with E-state index < -0.39 is 115 Å². The SMILES string of the molecule is [C-]#[N+]c1cc(C(F)(F)F)ccc1-c1c(-n2c3cc(C(F)(F)F)ccc3c3ccc(C(F)(F)F)cc32)cc(C#N)cc1-n1c2cc(C(F)(F)F)ccc2c2ccc(C(F)(F)F)cc21. The molecular formula is C43H17F15N4. The van der Waals surface area contributed by atoms with Gasteiger partial charge in [0.15, 0.2) is 5.69 Å². The van der Waals surface area contributed by atoms with Gasteiger partial charge in [0.2, 0.25) is 0 Å².